The zero-order chi connectivity index (χ0) is 17.8. The highest BCUT2D eigenvalue weighted by atomic mass is 16.3. The third-order valence-corrected chi connectivity index (χ3v) is 5.21. The van der Waals surface area contributed by atoms with E-state index in [1.54, 1.807) is 0 Å². The Kier molecular flexibility index (Phi) is 6.10. The quantitative estimate of drug-likeness (QED) is 0.815. The number of piperazine rings is 1. The number of amides is 1. The van der Waals surface area contributed by atoms with Gasteiger partial charge in [0, 0.05) is 44.8 Å². The van der Waals surface area contributed by atoms with Crippen molar-refractivity contribution in [2.24, 2.45) is 0 Å². The van der Waals surface area contributed by atoms with Crippen LogP contribution in [0, 0.1) is 0 Å². The minimum Gasteiger partial charge on any atom is -0.392 e. The number of aliphatic hydroxyl groups excluding tert-OH is 1. The van der Waals surface area contributed by atoms with Crippen LogP contribution in [0.15, 0.2) is 30.3 Å². The number of hydrogen-bond donors (Lipinski definition) is 1. The van der Waals surface area contributed by atoms with Crippen LogP contribution in [-0.2, 0) is 11.3 Å². The average Bonchev–Trinajstić information content (AvgIpc) is 3.40. The molecule has 5 nitrogen and oxygen atoms in total. The highest BCUT2D eigenvalue weighted by Gasteiger charge is 2.34. The minimum absolute atomic E-state index is 0.252. The van der Waals surface area contributed by atoms with Gasteiger partial charge in [-0.1, -0.05) is 30.3 Å². The van der Waals surface area contributed by atoms with Crippen LogP contribution in [0.2, 0.25) is 0 Å². The zero-order valence-corrected chi connectivity index (χ0v) is 15.5. The molecule has 1 saturated carbocycles. The lowest BCUT2D eigenvalue weighted by Crippen LogP contribution is -2.55. The highest BCUT2D eigenvalue weighted by molar-refractivity contribution is 5.79. The fraction of sp³-hybridized carbons (Fsp3) is 0.650. The van der Waals surface area contributed by atoms with Crippen LogP contribution in [-0.4, -0.2) is 76.6 Å². The monoisotopic (exact) mass is 345 g/mol. The summed E-state index contributed by atoms with van der Waals surface area (Å²) in [6, 6.07) is 11.1. The van der Waals surface area contributed by atoms with Gasteiger partial charge in [-0.05, 0) is 32.3 Å². The van der Waals surface area contributed by atoms with Crippen molar-refractivity contribution in [1.29, 1.82) is 0 Å². The van der Waals surface area contributed by atoms with Gasteiger partial charge in [0.05, 0.1) is 12.6 Å². The number of aliphatic hydroxyl groups is 1. The standard InChI is InChI=1S/C20H31N3O2/c1-16-12-21(10-11-22(16)13-17(2)24)15-20(25)23(19-8-9-19)14-18-6-4-3-5-7-18/h3-7,16-17,19,24H,8-15H2,1-2H3/t16-,17-/m1/s1. The molecular formula is C20H31N3O2. The SMILES string of the molecule is C[C@@H]1CN(CC(=O)N(Cc2ccccc2)C2CC2)CCN1C[C@@H](C)O. The molecule has 0 spiro atoms. The van der Waals surface area contributed by atoms with E-state index < -0.39 is 0 Å². The number of carbonyl (C=O) groups excluding carboxylic acids is 1. The van der Waals surface area contributed by atoms with E-state index in [4.69, 9.17) is 0 Å². The number of nitrogens with zero attached hydrogens (tertiary/aromatic N) is 3. The maximum atomic E-state index is 12.9. The van der Waals surface area contributed by atoms with Crippen molar-refractivity contribution in [3.05, 3.63) is 35.9 Å². The predicted octanol–water partition coefficient (Wildman–Crippen LogP) is 1.56. The normalized spacial score (nSPS) is 23.4. The van der Waals surface area contributed by atoms with Crippen molar-refractivity contribution in [3.63, 3.8) is 0 Å². The molecule has 2 fully saturated rings. The van der Waals surface area contributed by atoms with Gasteiger partial charge in [0.25, 0.3) is 0 Å². The molecule has 0 aromatic heterocycles. The average molecular weight is 345 g/mol. The van der Waals surface area contributed by atoms with Gasteiger partial charge in [-0.15, -0.1) is 0 Å². The third kappa shape index (κ3) is 5.27. The van der Waals surface area contributed by atoms with Crippen molar-refractivity contribution in [3.8, 4) is 0 Å². The van der Waals surface area contributed by atoms with Crippen LogP contribution >= 0.6 is 0 Å². The Morgan fingerprint density at radius 3 is 2.60 bits per heavy atom. The second kappa shape index (κ2) is 8.30. The molecular weight excluding hydrogens is 314 g/mol. The highest BCUT2D eigenvalue weighted by Crippen LogP contribution is 2.28. The minimum atomic E-state index is -0.299. The topological polar surface area (TPSA) is 47.0 Å². The molecule has 5 heteroatoms. The molecule has 2 aliphatic rings. The van der Waals surface area contributed by atoms with Gasteiger partial charge in [0.15, 0.2) is 0 Å². The lowest BCUT2D eigenvalue weighted by Gasteiger charge is -2.40. The van der Waals surface area contributed by atoms with Gasteiger partial charge in [-0.25, -0.2) is 0 Å². The van der Waals surface area contributed by atoms with Crippen LogP contribution in [0.3, 0.4) is 0 Å². The van der Waals surface area contributed by atoms with Crippen molar-refractivity contribution in [1.82, 2.24) is 14.7 Å². The smallest absolute Gasteiger partial charge is 0.237 e. The van der Waals surface area contributed by atoms with E-state index in [0.29, 0.717) is 25.2 Å². The summed E-state index contributed by atoms with van der Waals surface area (Å²) < 4.78 is 0. The number of hydrogen-bond acceptors (Lipinski definition) is 4. The van der Waals surface area contributed by atoms with E-state index in [2.05, 4.69) is 33.8 Å². The first-order valence-corrected chi connectivity index (χ1v) is 9.51. The Balaban J connectivity index is 1.53. The number of rotatable bonds is 7. The molecule has 0 unspecified atom stereocenters. The number of carbonyl (C=O) groups is 1. The molecule has 1 amide bonds. The van der Waals surface area contributed by atoms with E-state index in [1.807, 2.05) is 25.1 Å². The van der Waals surface area contributed by atoms with Gasteiger partial charge in [0.2, 0.25) is 5.91 Å². The van der Waals surface area contributed by atoms with Crippen LogP contribution in [0.4, 0.5) is 0 Å². The van der Waals surface area contributed by atoms with Crippen molar-refractivity contribution < 1.29 is 9.90 Å². The fourth-order valence-corrected chi connectivity index (χ4v) is 3.69. The molecule has 1 heterocycles. The molecule has 2 atom stereocenters. The van der Waals surface area contributed by atoms with Crippen molar-refractivity contribution in [2.75, 3.05) is 32.7 Å². The molecule has 25 heavy (non-hydrogen) atoms. The maximum absolute atomic E-state index is 12.9. The molecule has 1 aromatic carbocycles. The molecule has 0 radical (unpaired) electrons. The van der Waals surface area contributed by atoms with E-state index in [0.717, 1.165) is 39.0 Å². The molecule has 1 saturated heterocycles. The second-order valence-corrected chi connectivity index (χ2v) is 7.67. The Morgan fingerprint density at radius 2 is 2.00 bits per heavy atom. The Labute approximate surface area is 151 Å². The van der Waals surface area contributed by atoms with Gasteiger partial charge in [0.1, 0.15) is 0 Å². The number of β-amino-alcohol motifs (C(OH)–C–C–N with tert-alkyl or cyclic N) is 1. The summed E-state index contributed by atoms with van der Waals surface area (Å²) in [5, 5.41) is 9.60. The molecule has 1 aliphatic carbocycles. The van der Waals surface area contributed by atoms with Gasteiger partial charge in [-0.3, -0.25) is 14.6 Å². The predicted molar refractivity (Wildman–Crippen MR) is 99.2 cm³/mol. The summed E-state index contributed by atoms with van der Waals surface area (Å²) in [6.07, 6.45) is 1.97. The zero-order valence-electron chi connectivity index (χ0n) is 15.5. The molecule has 3 rings (SSSR count). The number of benzene rings is 1. The van der Waals surface area contributed by atoms with Crippen LogP contribution in [0.5, 0.6) is 0 Å². The Morgan fingerprint density at radius 1 is 1.28 bits per heavy atom. The third-order valence-electron chi connectivity index (χ3n) is 5.21. The van der Waals surface area contributed by atoms with E-state index in [9.17, 15) is 9.90 Å². The lowest BCUT2D eigenvalue weighted by atomic mass is 10.1. The van der Waals surface area contributed by atoms with E-state index in [1.165, 1.54) is 5.56 Å². The van der Waals surface area contributed by atoms with Gasteiger partial charge in [-0.2, -0.15) is 0 Å². The maximum Gasteiger partial charge on any atom is 0.237 e. The van der Waals surface area contributed by atoms with E-state index >= 15 is 0 Å². The van der Waals surface area contributed by atoms with Crippen molar-refractivity contribution in [2.45, 2.75) is 51.4 Å². The van der Waals surface area contributed by atoms with Crippen LogP contribution in [0.1, 0.15) is 32.3 Å². The lowest BCUT2D eigenvalue weighted by molar-refractivity contribution is -0.134. The summed E-state index contributed by atoms with van der Waals surface area (Å²) in [7, 11) is 0. The second-order valence-electron chi connectivity index (χ2n) is 7.67. The molecule has 1 aliphatic heterocycles. The first kappa shape index (κ1) is 18.4. The summed E-state index contributed by atoms with van der Waals surface area (Å²) in [6.45, 7) is 8.67. The van der Waals surface area contributed by atoms with Gasteiger partial charge >= 0.3 is 0 Å². The Bertz CT molecular complexity index is 559. The van der Waals surface area contributed by atoms with E-state index in [-0.39, 0.29) is 12.0 Å². The fourth-order valence-electron chi connectivity index (χ4n) is 3.69. The van der Waals surface area contributed by atoms with Gasteiger partial charge < -0.3 is 10.0 Å². The first-order valence-electron chi connectivity index (χ1n) is 9.51. The summed E-state index contributed by atoms with van der Waals surface area (Å²) in [5.74, 6) is 0.252. The summed E-state index contributed by atoms with van der Waals surface area (Å²) in [5.41, 5.74) is 1.21. The Hall–Kier alpha value is -1.43. The molecule has 138 valence electrons. The largest absolute Gasteiger partial charge is 0.392 e. The summed E-state index contributed by atoms with van der Waals surface area (Å²) >= 11 is 0. The van der Waals surface area contributed by atoms with Crippen LogP contribution < -0.4 is 0 Å². The first-order chi connectivity index (χ1) is 12.0. The van der Waals surface area contributed by atoms with Crippen LogP contribution in [0.25, 0.3) is 0 Å². The molecule has 1 aromatic rings. The molecule has 1 N–H and O–H groups in total. The summed E-state index contributed by atoms with van der Waals surface area (Å²) in [4.78, 5) is 19.5. The molecule has 0 bridgehead atoms. The van der Waals surface area contributed by atoms with Crippen molar-refractivity contribution >= 4 is 5.91 Å².